The van der Waals surface area contributed by atoms with Gasteiger partial charge in [0.25, 0.3) is 0 Å². The van der Waals surface area contributed by atoms with Crippen LogP contribution in [0.3, 0.4) is 0 Å². The first-order valence-corrected chi connectivity index (χ1v) is 4.77. The fourth-order valence-electron chi connectivity index (χ4n) is 2.28. The Morgan fingerprint density at radius 1 is 1.67 bits per heavy atom. The van der Waals surface area contributed by atoms with Gasteiger partial charge in [0, 0.05) is 5.41 Å². The van der Waals surface area contributed by atoms with Crippen molar-refractivity contribution in [3.63, 3.8) is 0 Å². The van der Waals surface area contributed by atoms with Crippen molar-refractivity contribution >= 4 is 11.6 Å². The quantitative estimate of drug-likeness (QED) is 0.417. The van der Waals surface area contributed by atoms with Gasteiger partial charge in [0.15, 0.2) is 0 Å². The number of nitrogens with zero attached hydrogens (tertiary/aromatic N) is 1. The molecule has 1 saturated carbocycles. The predicted molar refractivity (Wildman–Crippen MR) is 48.8 cm³/mol. The highest BCUT2D eigenvalue weighted by Gasteiger charge is 2.52. The average molecular weight is 182 g/mol. The van der Waals surface area contributed by atoms with Crippen LogP contribution in [-0.4, -0.2) is 4.87 Å². The van der Waals surface area contributed by atoms with Gasteiger partial charge in [-0.2, -0.15) is 5.26 Å². The molecule has 0 aromatic rings. The minimum absolute atomic E-state index is 0.0853. The maximum atomic E-state index is 9.02. The molecule has 1 fully saturated rings. The molecule has 0 radical (unpaired) electrons. The second-order valence-corrected chi connectivity index (χ2v) is 4.84. The van der Waals surface area contributed by atoms with E-state index in [2.05, 4.69) is 25.1 Å². The number of hydrogen-bond acceptors (Lipinski definition) is 1. The van der Waals surface area contributed by atoms with E-state index in [-0.39, 0.29) is 5.41 Å². The number of alkyl halides is 1. The topological polar surface area (TPSA) is 23.8 Å². The van der Waals surface area contributed by atoms with E-state index in [0.717, 1.165) is 12.8 Å². The number of hydrogen-bond donors (Lipinski definition) is 0. The molecule has 3 rings (SSSR count). The molecule has 1 nitrogen and oxygen atoms in total. The second-order valence-electron chi connectivity index (χ2n) is 4.19. The minimum atomic E-state index is -0.634. The van der Waals surface area contributed by atoms with E-state index in [4.69, 9.17) is 16.9 Å². The smallest absolute Gasteiger partial charge is 0.140 e. The average Bonchev–Trinajstić information content (AvgIpc) is 2.08. The molecule has 0 heterocycles. The Balaban J connectivity index is 2.44. The molecule has 0 aliphatic heterocycles. The number of rotatable bonds is 0. The molecule has 0 aromatic carbocycles. The highest BCUT2D eigenvalue weighted by molar-refractivity contribution is 6.26. The van der Waals surface area contributed by atoms with Crippen molar-refractivity contribution in [2.45, 2.75) is 31.1 Å². The third kappa shape index (κ3) is 0.850. The molecule has 3 aliphatic rings. The van der Waals surface area contributed by atoms with Crippen LogP contribution in [0.2, 0.25) is 0 Å². The lowest BCUT2D eigenvalue weighted by Crippen LogP contribution is -2.47. The molecule has 3 atom stereocenters. The van der Waals surface area contributed by atoms with Gasteiger partial charge in [0.05, 0.1) is 6.07 Å². The first kappa shape index (κ1) is 8.13. The van der Waals surface area contributed by atoms with Crippen molar-refractivity contribution in [3.05, 3.63) is 12.2 Å². The van der Waals surface area contributed by atoms with E-state index in [1.165, 1.54) is 6.42 Å². The minimum Gasteiger partial charge on any atom is -0.196 e. The van der Waals surface area contributed by atoms with E-state index in [1.807, 2.05) is 0 Å². The molecule has 0 spiro atoms. The zero-order chi connectivity index (χ0) is 8.82. The van der Waals surface area contributed by atoms with Crippen molar-refractivity contribution in [2.75, 3.05) is 0 Å². The molecule has 12 heavy (non-hydrogen) atoms. The zero-order valence-electron chi connectivity index (χ0n) is 7.18. The summed E-state index contributed by atoms with van der Waals surface area (Å²) in [4.78, 5) is -0.634. The summed E-state index contributed by atoms with van der Waals surface area (Å²) >= 11 is 6.28. The van der Waals surface area contributed by atoms with Crippen LogP contribution >= 0.6 is 11.6 Å². The van der Waals surface area contributed by atoms with E-state index in [9.17, 15) is 0 Å². The molecule has 0 amide bonds. The zero-order valence-corrected chi connectivity index (χ0v) is 7.93. The first-order chi connectivity index (χ1) is 5.60. The lowest BCUT2D eigenvalue weighted by molar-refractivity contribution is 0.188. The summed E-state index contributed by atoms with van der Waals surface area (Å²) in [6, 6.07) is 2.27. The normalized spacial score (nSPS) is 50.6. The fraction of sp³-hybridized carbons (Fsp3) is 0.700. The van der Waals surface area contributed by atoms with Gasteiger partial charge in [-0.25, -0.2) is 0 Å². The van der Waals surface area contributed by atoms with Crippen molar-refractivity contribution < 1.29 is 0 Å². The third-order valence-electron chi connectivity index (χ3n) is 3.40. The van der Waals surface area contributed by atoms with Gasteiger partial charge in [0.1, 0.15) is 4.87 Å². The van der Waals surface area contributed by atoms with Gasteiger partial charge in [-0.05, 0) is 25.2 Å². The van der Waals surface area contributed by atoms with Gasteiger partial charge in [0.2, 0.25) is 0 Å². The van der Waals surface area contributed by atoms with Crippen LogP contribution < -0.4 is 0 Å². The molecule has 2 bridgehead atoms. The summed E-state index contributed by atoms with van der Waals surface area (Å²) < 4.78 is 0. The van der Waals surface area contributed by atoms with Crippen LogP contribution in [0.25, 0.3) is 0 Å². The maximum Gasteiger partial charge on any atom is 0.140 e. The molecule has 0 saturated heterocycles. The summed E-state index contributed by atoms with van der Waals surface area (Å²) in [6.07, 6.45) is 7.45. The fourth-order valence-corrected chi connectivity index (χ4v) is 2.64. The summed E-state index contributed by atoms with van der Waals surface area (Å²) in [5, 5.41) is 9.02. The van der Waals surface area contributed by atoms with Crippen molar-refractivity contribution in [2.24, 2.45) is 11.3 Å². The first-order valence-electron chi connectivity index (χ1n) is 4.39. The monoisotopic (exact) mass is 181 g/mol. The van der Waals surface area contributed by atoms with Crippen LogP contribution in [0.4, 0.5) is 0 Å². The Labute approximate surface area is 78.0 Å². The van der Waals surface area contributed by atoms with Crippen LogP contribution in [0, 0.1) is 22.7 Å². The van der Waals surface area contributed by atoms with Crippen molar-refractivity contribution in [1.29, 1.82) is 5.26 Å². The molecular formula is C10H12ClN. The number of fused-ring (bicyclic) bond motifs is 2. The van der Waals surface area contributed by atoms with Gasteiger partial charge in [-0.3, -0.25) is 0 Å². The Bertz CT molecular complexity index is 278. The summed E-state index contributed by atoms with van der Waals surface area (Å²) in [6.45, 7) is 2.09. The van der Waals surface area contributed by atoms with Crippen molar-refractivity contribution in [1.82, 2.24) is 0 Å². The highest BCUT2D eigenvalue weighted by Crippen LogP contribution is 2.54. The molecule has 2 heteroatoms. The van der Waals surface area contributed by atoms with E-state index < -0.39 is 4.87 Å². The lowest BCUT2D eigenvalue weighted by Gasteiger charge is -2.48. The SMILES string of the molecule is CC12C=CC(CC1)CC2(Cl)C#N. The Morgan fingerprint density at radius 2 is 2.42 bits per heavy atom. The lowest BCUT2D eigenvalue weighted by atomic mass is 9.60. The van der Waals surface area contributed by atoms with Gasteiger partial charge >= 0.3 is 0 Å². The largest absolute Gasteiger partial charge is 0.196 e. The molecular weight excluding hydrogens is 170 g/mol. The van der Waals surface area contributed by atoms with E-state index >= 15 is 0 Å². The third-order valence-corrected chi connectivity index (χ3v) is 4.07. The second kappa shape index (κ2) is 2.26. The summed E-state index contributed by atoms with van der Waals surface area (Å²) in [7, 11) is 0. The summed E-state index contributed by atoms with van der Waals surface area (Å²) in [5.41, 5.74) is -0.0853. The summed E-state index contributed by atoms with van der Waals surface area (Å²) in [5.74, 6) is 0.545. The Kier molecular flexibility index (Phi) is 1.53. The molecule has 3 unspecified atom stereocenters. The van der Waals surface area contributed by atoms with E-state index in [0.29, 0.717) is 5.92 Å². The van der Waals surface area contributed by atoms with Crippen LogP contribution in [0.1, 0.15) is 26.2 Å². The number of allylic oxidation sites excluding steroid dienone is 2. The van der Waals surface area contributed by atoms with Crippen LogP contribution in [-0.2, 0) is 0 Å². The van der Waals surface area contributed by atoms with E-state index in [1.54, 1.807) is 0 Å². The van der Waals surface area contributed by atoms with Gasteiger partial charge in [-0.15, -0.1) is 11.6 Å². The van der Waals surface area contributed by atoms with Crippen molar-refractivity contribution in [3.8, 4) is 6.07 Å². The number of nitriles is 1. The Morgan fingerprint density at radius 3 is 2.75 bits per heavy atom. The van der Waals surface area contributed by atoms with Gasteiger partial charge < -0.3 is 0 Å². The van der Waals surface area contributed by atoms with Gasteiger partial charge in [-0.1, -0.05) is 19.1 Å². The standard InChI is InChI=1S/C10H12ClN/c1-9-4-2-8(3-5-9)6-10(9,11)7-12/h2,4,8H,3,5-6H2,1H3. The molecule has 0 aromatic heterocycles. The molecule has 0 N–H and O–H groups in total. The predicted octanol–water partition coefficient (Wildman–Crippen LogP) is 2.86. The Hall–Kier alpha value is -0.480. The maximum absolute atomic E-state index is 9.02. The van der Waals surface area contributed by atoms with Crippen LogP contribution in [0.5, 0.6) is 0 Å². The number of halogens is 1. The molecule has 64 valence electrons. The highest BCUT2D eigenvalue weighted by atomic mass is 35.5. The molecule has 3 aliphatic carbocycles. The van der Waals surface area contributed by atoms with Crippen LogP contribution in [0.15, 0.2) is 12.2 Å².